The summed E-state index contributed by atoms with van der Waals surface area (Å²) in [6, 6.07) is 14.0. The van der Waals surface area contributed by atoms with Crippen LogP contribution in [0.1, 0.15) is 20.8 Å². The van der Waals surface area contributed by atoms with E-state index in [1.807, 2.05) is 56.3 Å². The van der Waals surface area contributed by atoms with Crippen molar-refractivity contribution in [3.05, 3.63) is 42.5 Å². The number of ether oxygens (including phenoxy) is 1. The SMILES string of the molecule is CCNc1cccc(-c2ccccc2OC(C)C)n1. The molecular formula is C16H20N2O. The number of benzene rings is 1. The second-order valence-electron chi connectivity index (χ2n) is 4.60. The van der Waals surface area contributed by atoms with Gasteiger partial charge in [0.2, 0.25) is 0 Å². The van der Waals surface area contributed by atoms with Gasteiger partial charge < -0.3 is 10.1 Å². The Hall–Kier alpha value is -2.03. The lowest BCUT2D eigenvalue weighted by Crippen LogP contribution is -2.06. The maximum absolute atomic E-state index is 5.84. The Labute approximate surface area is 114 Å². The first-order valence-electron chi connectivity index (χ1n) is 6.67. The van der Waals surface area contributed by atoms with Crippen LogP contribution in [0.5, 0.6) is 5.75 Å². The van der Waals surface area contributed by atoms with Gasteiger partial charge >= 0.3 is 0 Å². The van der Waals surface area contributed by atoms with E-state index in [0.717, 1.165) is 29.4 Å². The van der Waals surface area contributed by atoms with Gasteiger partial charge in [0.05, 0.1) is 11.8 Å². The Morgan fingerprint density at radius 2 is 1.89 bits per heavy atom. The van der Waals surface area contributed by atoms with Crippen LogP contribution in [-0.4, -0.2) is 17.6 Å². The van der Waals surface area contributed by atoms with Gasteiger partial charge in [-0.25, -0.2) is 4.98 Å². The Balaban J connectivity index is 2.37. The zero-order valence-corrected chi connectivity index (χ0v) is 11.7. The maximum Gasteiger partial charge on any atom is 0.129 e. The molecule has 1 aromatic heterocycles. The third-order valence-corrected chi connectivity index (χ3v) is 2.63. The van der Waals surface area contributed by atoms with Crippen molar-refractivity contribution in [1.29, 1.82) is 0 Å². The van der Waals surface area contributed by atoms with Crippen molar-refractivity contribution in [3.8, 4) is 17.0 Å². The number of nitrogens with one attached hydrogen (secondary N) is 1. The van der Waals surface area contributed by atoms with E-state index in [4.69, 9.17) is 4.74 Å². The van der Waals surface area contributed by atoms with Crippen LogP contribution in [0, 0.1) is 0 Å². The van der Waals surface area contributed by atoms with E-state index in [2.05, 4.69) is 17.2 Å². The molecule has 100 valence electrons. The van der Waals surface area contributed by atoms with Gasteiger partial charge in [-0.2, -0.15) is 0 Å². The molecule has 0 atom stereocenters. The fourth-order valence-electron chi connectivity index (χ4n) is 1.90. The summed E-state index contributed by atoms with van der Waals surface area (Å²) in [5.74, 6) is 1.76. The van der Waals surface area contributed by atoms with E-state index in [0.29, 0.717) is 0 Å². The maximum atomic E-state index is 5.84. The molecule has 0 saturated heterocycles. The fourth-order valence-corrected chi connectivity index (χ4v) is 1.90. The Morgan fingerprint density at radius 3 is 2.63 bits per heavy atom. The number of para-hydroxylation sites is 1. The average molecular weight is 256 g/mol. The first kappa shape index (κ1) is 13.4. The van der Waals surface area contributed by atoms with Gasteiger partial charge in [-0.3, -0.25) is 0 Å². The molecule has 0 amide bonds. The summed E-state index contributed by atoms with van der Waals surface area (Å²) in [6.07, 6.45) is 0.151. The summed E-state index contributed by atoms with van der Waals surface area (Å²) in [5, 5.41) is 3.23. The highest BCUT2D eigenvalue weighted by atomic mass is 16.5. The van der Waals surface area contributed by atoms with E-state index in [9.17, 15) is 0 Å². The molecule has 1 aromatic carbocycles. The first-order chi connectivity index (χ1) is 9.20. The number of aromatic nitrogens is 1. The number of hydrogen-bond acceptors (Lipinski definition) is 3. The zero-order chi connectivity index (χ0) is 13.7. The summed E-state index contributed by atoms with van der Waals surface area (Å²) in [5.41, 5.74) is 1.95. The monoisotopic (exact) mass is 256 g/mol. The van der Waals surface area contributed by atoms with Crippen LogP contribution < -0.4 is 10.1 Å². The molecule has 0 fully saturated rings. The van der Waals surface area contributed by atoms with Crippen LogP contribution in [0.4, 0.5) is 5.82 Å². The molecule has 1 N–H and O–H groups in total. The highest BCUT2D eigenvalue weighted by Crippen LogP contribution is 2.29. The van der Waals surface area contributed by atoms with E-state index >= 15 is 0 Å². The van der Waals surface area contributed by atoms with E-state index in [1.165, 1.54) is 0 Å². The highest BCUT2D eigenvalue weighted by molar-refractivity contribution is 5.68. The molecule has 2 aromatic rings. The molecule has 0 aliphatic carbocycles. The van der Waals surface area contributed by atoms with Crippen LogP contribution in [-0.2, 0) is 0 Å². The second kappa shape index (κ2) is 6.23. The summed E-state index contributed by atoms with van der Waals surface area (Å²) < 4.78 is 5.84. The minimum atomic E-state index is 0.151. The van der Waals surface area contributed by atoms with Crippen LogP contribution >= 0.6 is 0 Å². The fraction of sp³-hybridized carbons (Fsp3) is 0.312. The summed E-state index contributed by atoms with van der Waals surface area (Å²) in [4.78, 5) is 4.61. The van der Waals surface area contributed by atoms with Crippen LogP contribution in [0.2, 0.25) is 0 Å². The molecule has 0 aliphatic rings. The van der Waals surface area contributed by atoms with E-state index in [-0.39, 0.29) is 6.10 Å². The standard InChI is InChI=1S/C16H20N2O/c1-4-17-16-11-7-9-14(18-16)13-8-5-6-10-15(13)19-12(2)3/h5-12H,4H2,1-3H3,(H,17,18). The van der Waals surface area contributed by atoms with Crippen molar-refractivity contribution in [2.24, 2.45) is 0 Å². The van der Waals surface area contributed by atoms with Gasteiger partial charge in [0.15, 0.2) is 0 Å². The van der Waals surface area contributed by atoms with Crippen molar-refractivity contribution in [3.63, 3.8) is 0 Å². The number of nitrogens with zero attached hydrogens (tertiary/aromatic N) is 1. The minimum Gasteiger partial charge on any atom is -0.490 e. The Bertz CT molecular complexity index is 538. The molecule has 0 radical (unpaired) electrons. The minimum absolute atomic E-state index is 0.151. The van der Waals surface area contributed by atoms with Crippen molar-refractivity contribution < 1.29 is 4.74 Å². The molecule has 2 rings (SSSR count). The molecule has 3 nitrogen and oxygen atoms in total. The Kier molecular flexibility index (Phi) is 4.39. The predicted molar refractivity (Wildman–Crippen MR) is 79.6 cm³/mol. The number of hydrogen-bond donors (Lipinski definition) is 1. The van der Waals surface area contributed by atoms with Gasteiger partial charge in [0, 0.05) is 12.1 Å². The van der Waals surface area contributed by atoms with Crippen molar-refractivity contribution >= 4 is 5.82 Å². The Morgan fingerprint density at radius 1 is 1.11 bits per heavy atom. The van der Waals surface area contributed by atoms with E-state index in [1.54, 1.807) is 0 Å². The topological polar surface area (TPSA) is 34.1 Å². The van der Waals surface area contributed by atoms with Crippen molar-refractivity contribution in [1.82, 2.24) is 4.98 Å². The lowest BCUT2D eigenvalue weighted by Gasteiger charge is -2.14. The third kappa shape index (κ3) is 3.47. The lowest BCUT2D eigenvalue weighted by molar-refractivity contribution is 0.243. The summed E-state index contributed by atoms with van der Waals surface area (Å²) in [6.45, 7) is 6.98. The van der Waals surface area contributed by atoms with E-state index < -0.39 is 0 Å². The zero-order valence-electron chi connectivity index (χ0n) is 11.7. The molecule has 19 heavy (non-hydrogen) atoms. The molecule has 0 saturated carbocycles. The van der Waals surface area contributed by atoms with Crippen molar-refractivity contribution in [2.45, 2.75) is 26.9 Å². The lowest BCUT2D eigenvalue weighted by atomic mass is 10.1. The highest BCUT2D eigenvalue weighted by Gasteiger charge is 2.08. The van der Waals surface area contributed by atoms with Crippen molar-refractivity contribution in [2.75, 3.05) is 11.9 Å². The molecule has 1 heterocycles. The summed E-state index contributed by atoms with van der Waals surface area (Å²) in [7, 11) is 0. The largest absolute Gasteiger partial charge is 0.490 e. The number of rotatable bonds is 5. The van der Waals surface area contributed by atoms with Gasteiger partial charge in [0.1, 0.15) is 11.6 Å². The molecule has 0 bridgehead atoms. The predicted octanol–water partition coefficient (Wildman–Crippen LogP) is 3.97. The van der Waals surface area contributed by atoms with Crippen LogP contribution in [0.3, 0.4) is 0 Å². The summed E-state index contributed by atoms with van der Waals surface area (Å²) >= 11 is 0. The van der Waals surface area contributed by atoms with Crippen LogP contribution in [0.25, 0.3) is 11.3 Å². The molecule has 0 spiro atoms. The number of anilines is 1. The normalized spacial score (nSPS) is 10.5. The molecule has 0 unspecified atom stereocenters. The van der Waals surface area contributed by atoms with Crippen LogP contribution in [0.15, 0.2) is 42.5 Å². The molecule has 3 heteroatoms. The van der Waals surface area contributed by atoms with Gasteiger partial charge in [0.25, 0.3) is 0 Å². The second-order valence-corrected chi connectivity index (χ2v) is 4.60. The molecule has 0 aliphatic heterocycles. The average Bonchev–Trinajstić information content (AvgIpc) is 2.39. The smallest absolute Gasteiger partial charge is 0.129 e. The number of pyridine rings is 1. The molecular weight excluding hydrogens is 236 g/mol. The third-order valence-electron chi connectivity index (χ3n) is 2.63. The quantitative estimate of drug-likeness (QED) is 0.879. The van der Waals surface area contributed by atoms with Gasteiger partial charge in [-0.1, -0.05) is 18.2 Å². The van der Waals surface area contributed by atoms with Gasteiger partial charge in [-0.15, -0.1) is 0 Å². The van der Waals surface area contributed by atoms with Gasteiger partial charge in [-0.05, 0) is 45.0 Å². The first-order valence-corrected chi connectivity index (χ1v) is 6.67.